The quantitative estimate of drug-likeness (QED) is 0.306. The van der Waals surface area contributed by atoms with Crippen molar-refractivity contribution in [3.05, 3.63) is 17.5 Å². The van der Waals surface area contributed by atoms with E-state index in [0.717, 1.165) is 0 Å². The Balaban J connectivity index is 0. The molecule has 64 valence electrons. The van der Waals surface area contributed by atoms with Gasteiger partial charge in [0, 0.05) is 5.88 Å². The zero-order valence-electron chi connectivity index (χ0n) is 6.94. The van der Waals surface area contributed by atoms with Crippen molar-refractivity contribution in [2.75, 3.05) is 5.88 Å². The molecule has 0 rings (SSSR count). The standard InChI is InChI=1S/C5H9NO4S.Na/c1-4(2)5(7)6-3-11(8,9)10;/h1,3H2,2H3,(H2,6,7,8,9,10);/q;+1/p-1. The Hall–Kier alpha value is 0.120. The van der Waals surface area contributed by atoms with E-state index in [9.17, 15) is 13.2 Å². The van der Waals surface area contributed by atoms with E-state index in [1.165, 1.54) is 6.92 Å². The number of carbonyl (C=O) groups is 1. The maximum Gasteiger partial charge on any atom is 1.00 e. The van der Waals surface area contributed by atoms with Crippen molar-refractivity contribution < 1.29 is 47.3 Å². The minimum atomic E-state index is -4.18. The van der Waals surface area contributed by atoms with Crippen molar-refractivity contribution in [2.45, 2.75) is 6.92 Å². The second-order valence-electron chi connectivity index (χ2n) is 1.95. The van der Waals surface area contributed by atoms with E-state index in [4.69, 9.17) is 4.55 Å². The molecule has 0 fully saturated rings. The van der Waals surface area contributed by atoms with Gasteiger partial charge in [0.25, 0.3) is 0 Å². The van der Waals surface area contributed by atoms with Gasteiger partial charge in [-0.2, -0.15) is 0 Å². The Morgan fingerprint density at radius 2 is 2.00 bits per heavy atom. The molecule has 0 aliphatic rings. The third kappa shape index (κ3) is 8.22. The second kappa shape index (κ2) is 5.71. The maximum absolute atomic E-state index is 10.5. The van der Waals surface area contributed by atoms with Crippen LogP contribution in [0.5, 0.6) is 0 Å². The Labute approximate surface area is 93.3 Å². The molecule has 0 saturated carbocycles. The average molecular weight is 201 g/mol. The molecule has 0 saturated heterocycles. The Morgan fingerprint density at radius 1 is 1.58 bits per heavy atom. The van der Waals surface area contributed by atoms with Crippen LogP contribution in [0.15, 0.2) is 12.2 Å². The summed E-state index contributed by atoms with van der Waals surface area (Å²) in [5.41, 5.74) is 0.133. The van der Waals surface area contributed by atoms with Gasteiger partial charge >= 0.3 is 29.6 Å². The van der Waals surface area contributed by atoms with Gasteiger partial charge in [-0.15, -0.1) is 0 Å². The van der Waals surface area contributed by atoms with Crippen LogP contribution in [0.2, 0.25) is 0 Å². The molecule has 0 aromatic rings. The first-order valence-corrected chi connectivity index (χ1v) is 4.26. The molecule has 0 atom stereocenters. The van der Waals surface area contributed by atoms with E-state index < -0.39 is 21.9 Å². The van der Waals surface area contributed by atoms with Gasteiger partial charge in [0.05, 0.1) is 5.91 Å². The minimum Gasteiger partial charge on any atom is -0.635 e. The fourth-order valence-electron chi connectivity index (χ4n) is 0.275. The van der Waals surface area contributed by atoms with Gasteiger partial charge in [-0.05, 0) is 12.5 Å². The molecule has 0 unspecified atom stereocenters. The van der Waals surface area contributed by atoms with E-state index in [2.05, 4.69) is 11.9 Å². The van der Waals surface area contributed by atoms with Crippen LogP contribution in [0, 0.1) is 0 Å². The van der Waals surface area contributed by atoms with Crippen LogP contribution >= 0.6 is 0 Å². The Bertz CT molecular complexity index is 271. The molecule has 0 heterocycles. The Morgan fingerprint density at radius 3 is 2.25 bits per heavy atom. The molecule has 12 heavy (non-hydrogen) atoms. The topological polar surface area (TPSA) is 85.5 Å². The van der Waals surface area contributed by atoms with E-state index in [-0.39, 0.29) is 35.1 Å². The van der Waals surface area contributed by atoms with Crippen LogP contribution in [0.1, 0.15) is 6.92 Å². The van der Waals surface area contributed by atoms with Crippen molar-refractivity contribution in [3.63, 3.8) is 0 Å². The zero-order chi connectivity index (χ0) is 9.07. The van der Waals surface area contributed by atoms with Crippen molar-refractivity contribution in [3.8, 4) is 0 Å². The van der Waals surface area contributed by atoms with Crippen LogP contribution in [0.25, 0.3) is 5.32 Å². The van der Waals surface area contributed by atoms with E-state index in [1.54, 1.807) is 0 Å². The normalized spacial score (nSPS) is 9.83. The molecule has 7 heteroatoms. The second-order valence-corrected chi connectivity index (χ2v) is 3.38. The molecule has 0 aromatic heterocycles. The van der Waals surface area contributed by atoms with Crippen LogP contribution in [0.4, 0.5) is 0 Å². The fourth-order valence-corrected chi connectivity index (χ4v) is 0.556. The summed E-state index contributed by atoms with van der Waals surface area (Å²) in [6.45, 7) is 4.63. The summed E-state index contributed by atoms with van der Waals surface area (Å²) in [5, 5.41) is 3.02. The number of hydrogen-bond donors (Lipinski definition) is 1. The molecule has 5 nitrogen and oxygen atoms in total. The maximum atomic E-state index is 10.5. The molecular weight excluding hydrogens is 193 g/mol. The average Bonchev–Trinajstić information content (AvgIpc) is 1.80. The molecule has 1 N–H and O–H groups in total. The first-order valence-electron chi connectivity index (χ1n) is 2.65. The van der Waals surface area contributed by atoms with Crippen LogP contribution in [0.3, 0.4) is 0 Å². The summed E-state index contributed by atoms with van der Waals surface area (Å²) in [5.74, 6) is -1.62. The predicted octanol–water partition coefficient (Wildman–Crippen LogP) is -2.69. The predicted molar refractivity (Wildman–Crippen MR) is 39.6 cm³/mol. The van der Waals surface area contributed by atoms with Gasteiger partial charge in [-0.3, -0.25) is 4.55 Å². The van der Waals surface area contributed by atoms with Crippen molar-refractivity contribution in [2.24, 2.45) is 0 Å². The van der Waals surface area contributed by atoms with Crippen LogP contribution in [-0.4, -0.2) is 24.8 Å². The van der Waals surface area contributed by atoms with Gasteiger partial charge in [0.1, 0.15) is 0 Å². The van der Waals surface area contributed by atoms with Gasteiger partial charge < -0.3 is 10.1 Å². The number of amides is 1. The molecule has 0 bridgehead atoms. The van der Waals surface area contributed by atoms with Crippen LogP contribution in [-0.2, 0) is 14.9 Å². The monoisotopic (exact) mass is 201 g/mol. The molecule has 0 spiro atoms. The molecule has 0 aliphatic carbocycles. The molecule has 0 aromatic carbocycles. The summed E-state index contributed by atoms with van der Waals surface area (Å²) in [4.78, 5) is 10.5. The van der Waals surface area contributed by atoms with Crippen molar-refractivity contribution in [1.82, 2.24) is 0 Å². The first kappa shape index (κ1) is 14.6. The van der Waals surface area contributed by atoms with Crippen molar-refractivity contribution in [1.29, 1.82) is 0 Å². The summed E-state index contributed by atoms with van der Waals surface area (Å²) < 4.78 is 28.2. The number of rotatable bonds is 3. The van der Waals surface area contributed by atoms with Gasteiger partial charge in [-0.1, -0.05) is 6.58 Å². The number of nitrogens with zero attached hydrogens (tertiary/aromatic N) is 1. The van der Waals surface area contributed by atoms with Gasteiger partial charge in [-0.25, -0.2) is 8.42 Å². The third-order valence-corrected chi connectivity index (χ3v) is 1.19. The largest absolute Gasteiger partial charge is 1.00 e. The van der Waals surface area contributed by atoms with E-state index in [1.807, 2.05) is 0 Å². The smallest absolute Gasteiger partial charge is 0.635 e. The zero-order valence-corrected chi connectivity index (χ0v) is 9.76. The van der Waals surface area contributed by atoms with Gasteiger partial charge in [0.15, 0.2) is 0 Å². The first-order chi connectivity index (χ1) is 4.83. The Kier molecular flexibility index (Phi) is 6.97. The molecule has 0 radical (unpaired) electrons. The molecule has 1 amide bonds. The SMILES string of the molecule is C=C(C)C(=O)[N-]CS(=O)(=O)O.[Na+]. The van der Waals surface area contributed by atoms with Crippen LogP contribution < -0.4 is 29.6 Å². The van der Waals surface area contributed by atoms with E-state index in [0.29, 0.717) is 0 Å². The third-order valence-electron chi connectivity index (χ3n) is 0.736. The number of hydrogen-bond acceptors (Lipinski definition) is 3. The summed E-state index contributed by atoms with van der Waals surface area (Å²) >= 11 is 0. The van der Waals surface area contributed by atoms with Crippen molar-refractivity contribution >= 4 is 16.0 Å². The molecule has 0 aliphatic heterocycles. The van der Waals surface area contributed by atoms with E-state index >= 15 is 0 Å². The van der Waals surface area contributed by atoms with Gasteiger partial charge in [0.2, 0.25) is 10.1 Å². The minimum absolute atomic E-state index is 0. The number of carbonyl (C=O) groups excluding carboxylic acids is 1. The summed E-state index contributed by atoms with van der Waals surface area (Å²) in [6.07, 6.45) is 0. The fraction of sp³-hybridized carbons (Fsp3) is 0.400. The summed E-state index contributed by atoms with van der Waals surface area (Å²) in [6, 6.07) is 0. The molecular formula is C5H8NNaO4S. The summed E-state index contributed by atoms with van der Waals surface area (Å²) in [7, 11) is -4.18.